The van der Waals surface area contributed by atoms with Crippen LogP contribution in [-0.4, -0.2) is 156 Å². The Kier molecular flexibility index (Phi) is 18.2. The molecule has 0 aromatic heterocycles. The molecule has 2 bridgehead atoms. The third-order valence-corrected chi connectivity index (χ3v) is 15.0. The quantitative estimate of drug-likeness (QED) is 0.141. The van der Waals surface area contributed by atoms with E-state index in [2.05, 4.69) is 11.0 Å². The minimum atomic E-state index is -2.08. The van der Waals surface area contributed by atoms with Crippen molar-refractivity contribution in [1.29, 1.82) is 0 Å². The van der Waals surface area contributed by atoms with Crippen molar-refractivity contribution in [3.05, 3.63) is 24.3 Å². The molecule has 4 saturated heterocycles. The van der Waals surface area contributed by atoms with Crippen molar-refractivity contribution >= 4 is 5.97 Å². The fourth-order valence-corrected chi connectivity index (χ4v) is 10.9. The first-order valence-corrected chi connectivity index (χ1v) is 24.3. The van der Waals surface area contributed by atoms with Crippen molar-refractivity contribution < 1.29 is 69.0 Å². The van der Waals surface area contributed by atoms with Gasteiger partial charge in [-0.05, 0) is 119 Å². The largest absolute Gasteiger partial charge is 0.459 e. The normalized spacial score (nSPS) is 47.3. The predicted octanol–water partition coefficient (Wildman–Crippen LogP) is 4.78. The second-order valence-electron chi connectivity index (χ2n) is 21.4. The van der Waals surface area contributed by atoms with Gasteiger partial charge in [-0.25, -0.2) is 4.79 Å². The number of hydrogen-bond acceptors (Lipinski definition) is 15. The Bertz CT molecular complexity index is 1550. The zero-order chi connectivity index (χ0) is 47.4. The number of allylic oxidation sites excluding steroid dienone is 1. The van der Waals surface area contributed by atoms with Crippen LogP contribution >= 0.6 is 0 Å². The van der Waals surface area contributed by atoms with Crippen molar-refractivity contribution in [1.82, 2.24) is 4.90 Å². The zero-order valence-corrected chi connectivity index (χ0v) is 40.4. The molecule has 370 valence electrons. The van der Waals surface area contributed by atoms with Crippen LogP contribution in [-0.2, 0) is 33.2 Å². The number of carbonyl (C=O) groups excluding carboxylic acids is 1. The van der Waals surface area contributed by atoms with E-state index in [4.69, 9.17) is 28.4 Å². The average Bonchev–Trinajstić information content (AvgIpc) is 3.45. The average molecular weight is 912 g/mol. The van der Waals surface area contributed by atoms with Crippen LogP contribution in [0.4, 0.5) is 0 Å². The van der Waals surface area contributed by atoms with Crippen molar-refractivity contribution in [2.75, 3.05) is 14.1 Å². The SMILES string of the molecule is CC[C@@H](O)C[C@H]1CCC[C@@]2(C[C@@H]3OC(=O)/C=C/[C@@](C)(O)[C@@H](O)[C@H](C)[C@@H](O)[C@H](OC4CCC(N(C)C)C(C)O4)[C@@H](O)[C@](C)(O)CCCCC/C=C/[C@@H]4CC(C)(C)O[C@@]4(O)C[C@H](O2)[C@H]3C)O1. The number of esters is 1. The van der Waals surface area contributed by atoms with E-state index in [-0.39, 0.29) is 43.4 Å². The van der Waals surface area contributed by atoms with Gasteiger partial charge in [-0.1, -0.05) is 45.8 Å². The summed E-state index contributed by atoms with van der Waals surface area (Å²) in [5, 5.41) is 81.8. The van der Waals surface area contributed by atoms with E-state index in [9.17, 15) is 40.5 Å². The standard InChI is InChI=1S/C49H85NO14/c1-11-34(51)26-35-19-17-24-48(62-35)28-37-30(2)38(63-48)29-49(58)33(27-45(5,6)64-49)18-15-13-12-14-16-23-46(7,56)44(55)42(61-40-21-20-36(50(9)10)32(4)59-40)41(53)31(3)43(54)47(8,57)25-22-39(52)60-37/h15,18,22,25,30-38,40-44,51,53-58H,11-14,16-17,19-21,23-24,26-29H2,1-10H3/b18-15+,25-22+/t30-,31+,32?,33+,34+,35+,36?,37-,38-,40?,41+,42-,43-,44+,46+,47+,48+,49-/m0/s1. The molecule has 0 aliphatic carbocycles. The number of hydrogen-bond donors (Lipinski definition) is 7. The first kappa shape index (κ1) is 53.4. The summed E-state index contributed by atoms with van der Waals surface area (Å²) in [4.78, 5) is 15.8. The van der Waals surface area contributed by atoms with Gasteiger partial charge in [-0.3, -0.25) is 0 Å². The van der Waals surface area contributed by atoms with Crippen LogP contribution in [0.5, 0.6) is 0 Å². The monoisotopic (exact) mass is 912 g/mol. The lowest BCUT2D eigenvalue weighted by Gasteiger charge is -2.51. The van der Waals surface area contributed by atoms with Gasteiger partial charge in [0.15, 0.2) is 17.9 Å². The Balaban J connectivity index is 1.45. The van der Waals surface area contributed by atoms with Crippen LogP contribution in [0, 0.1) is 17.8 Å². The van der Waals surface area contributed by atoms with E-state index in [1.807, 2.05) is 54.8 Å². The number of likely N-dealkylation sites (N-methyl/N-ethyl adjacent to an activating group) is 1. The van der Waals surface area contributed by atoms with Crippen molar-refractivity contribution in [2.24, 2.45) is 17.8 Å². The molecule has 5 rings (SSSR count). The van der Waals surface area contributed by atoms with Gasteiger partial charge in [0.1, 0.15) is 23.9 Å². The van der Waals surface area contributed by atoms with Crippen LogP contribution < -0.4 is 0 Å². The smallest absolute Gasteiger partial charge is 0.330 e. The van der Waals surface area contributed by atoms with Crippen molar-refractivity contribution in [3.8, 4) is 0 Å². The Morgan fingerprint density at radius 2 is 1.58 bits per heavy atom. The van der Waals surface area contributed by atoms with Gasteiger partial charge in [0.05, 0.1) is 47.8 Å². The third kappa shape index (κ3) is 13.4. The first-order chi connectivity index (χ1) is 29.8. The predicted molar refractivity (Wildman–Crippen MR) is 239 cm³/mol. The number of rotatable bonds is 6. The fraction of sp³-hybridized carbons (Fsp3) is 0.898. The molecule has 0 saturated carbocycles. The highest BCUT2D eigenvalue weighted by atomic mass is 16.7. The molecular formula is C49H85NO14. The Labute approximate surface area is 382 Å². The van der Waals surface area contributed by atoms with Gasteiger partial charge in [0.2, 0.25) is 0 Å². The minimum absolute atomic E-state index is 0.0790. The van der Waals surface area contributed by atoms with Gasteiger partial charge in [-0.2, -0.15) is 0 Å². The molecular weight excluding hydrogens is 827 g/mol. The maximum absolute atomic E-state index is 13.8. The summed E-state index contributed by atoms with van der Waals surface area (Å²) in [6, 6.07) is 0.128. The lowest BCUT2D eigenvalue weighted by atomic mass is 9.79. The van der Waals surface area contributed by atoms with E-state index in [1.165, 1.54) is 20.8 Å². The topological polar surface area (TPSA) is 217 Å². The molecule has 15 heteroatoms. The Morgan fingerprint density at radius 3 is 2.25 bits per heavy atom. The minimum Gasteiger partial charge on any atom is -0.459 e. The van der Waals surface area contributed by atoms with Crippen LogP contribution in [0.3, 0.4) is 0 Å². The van der Waals surface area contributed by atoms with Gasteiger partial charge in [0, 0.05) is 49.1 Å². The summed E-state index contributed by atoms with van der Waals surface area (Å²) in [6.07, 6.45) is 4.66. The van der Waals surface area contributed by atoms with E-state index >= 15 is 0 Å². The molecule has 0 amide bonds. The second-order valence-corrected chi connectivity index (χ2v) is 21.4. The molecule has 5 aliphatic rings. The lowest BCUT2D eigenvalue weighted by Crippen LogP contribution is -2.58. The summed E-state index contributed by atoms with van der Waals surface area (Å²) < 4.78 is 38.7. The molecule has 1 spiro atoms. The van der Waals surface area contributed by atoms with Gasteiger partial charge < -0.3 is 69.1 Å². The molecule has 0 aromatic carbocycles. The summed E-state index contributed by atoms with van der Waals surface area (Å²) in [5.74, 6) is -5.49. The summed E-state index contributed by atoms with van der Waals surface area (Å²) >= 11 is 0. The molecule has 3 unspecified atom stereocenters. The molecule has 0 radical (unpaired) electrons. The fourth-order valence-electron chi connectivity index (χ4n) is 10.9. The highest BCUT2D eigenvalue weighted by Crippen LogP contribution is 2.49. The molecule has 18 atom stereocenters. The summed E-state index contributed by atoms with van der Waals surface area (Å²) in [5.41, 5.74) is -4.43. The Morgan fingerprint density at radius 1 is 0.859 bits per heavy atom. The van der Waals surface area contributed by atoms with E-state index < -0.39 is 95.2 Å². The summed E-state index contributed by atoms with van der Waals surface area (Å²) in [6.45, 7) is 14.0. The molecule has 5 aliphatic heterocycles. The van der Waals surface area contributed by atoms with Crippen LogP contribution in [0.2, 0.25) is 0 Å². The van der Waals surface area contributed by atoms with E-state index in [0.29, 0.717) is 44.9 Å². The summed E-state index contributed by atoms with van der Waals surface area (Å²) in [7, 11) is 3.94. The van der Waals surface area contributed by atoms with Crippen molar-refractivity contribution in [2.45, 2.75) is 247 Å². The molecule has 0 aromatic rings. The number of carbonyl (C=O) groups is 1. The highest BCUT2D eigenvalue weighted by molar-refractivity contribution is 5.82. The zero-order valence-electron chi connectivity index (χ0n) is 40.4. The van der Waals surface area contributed by atoms with Crippen LogP contribution in [0.1, 0.15) is 152 Å². The number of aliphatic hydroxyl groups is 7. The maximum Gasteiger partial charge on any atom is 0.330 e. The lowest BCUT2D eigenvalue weighted by molar-refractivity contribution is -0.352. The molecule has 15 nitrogen and oxygen atoms in total. The van der Waals surface area contributed by atoms with Crippen molar-refractivity contribution in [3.63, 3.8) is 0 Å². The highest BCUT2D eigenvalue weighted by Gasteiger charge is 2.56. The molecule has 5 heterocycles. The van der Waals surface area contributed by atoms with Gasteiger partial charge in [0.25, 0.3) is 0 Å². The molecule has 7 N–H and O–H groups in total. The Hall–Kier alpha value is -1.57. The molecule has 4 fully saturated rings. The van der Waals surface area contributed by atoms with E-state index in [1.54, 1.807) is 0 Å². The molecule has 64 heavy (non-hydrogen) atoms. The third-order valence-electron chi connectivity index (χ3n) is 15.0. The van der Waals surface area contributed by atoms with Gasteiger partial charge in [-0.15, -0.1) is 0 Å². The van der Waals surface area contributed by atoms with E-state index in [0.717, 1.165) is 44.3 Å². The number of fused-ring (bicyclic) bond motifs is 3. The van der Waals surface area contributed by atoms with Gasteiger partial charge >= 0.3 is 5.97 Å². The van der Waals surface area contributed by atoms with Crippen LogP contribution in [0.15, 0.2) is 24.3 Å². The number of ether oxygens (including phenoxy) is 6. The number of aliphatic hydroxyl groups excluding tert-OH is 4. The maximum atomic E-state index is 13.8. The van der Waals surface area contributed by atoms with Crippen LogP contribution in [0.25, 0.3) is 0 Å². The second kappa shape index (κ2) is 21.8. The number of nitrogens with zero attached hydrogens (tertiary/aromatic N) is 1. The first-order valence-electron chi connectivity index (χ1n) is 24.3.